The van der Waals surface area contributed by atoms with Crippen molar-refractivity contribution in [3.63, 3.8) is 0 Å². The third-order valence-electron chi connectivity index (χ3n) is 2.08. The Morgan fingerprint density at radius 1 is 1.50 bits per heavy atom. The van der Waals surface area contributed by atoms with Crippen LogP contribution in [-0.4, -0.2) is 11.7 Å². The van der Waals surface area contributed by atoms with Crippen LogP contribution < -0.4 is 10.5 Å². The number of hydrogen-bond donors (Lipinski definition) is 2. The van der Waals surface area contributed by atoms with Crippen LogP contribution in [0.1, 0.15) is 18.0 Å². The van der Waals surface area contributed by atoms with Crippen molar-refractivity contribution >= 4 is 0 Å². The fraction of sp³-hybridized carbons (Fsp3) is 0.333. The Bertz CT molecular complexity index is 299. The number of fused-ring (bicyclic) bond motifs is 1. The largest absolute Gasteiger partial charge is 0.508 e. The minimum Gasteiger partial charge on any atom is -0.508 e. The number of aromatic hydroxyl groups is 1. The van der Waals surface area contributed by atoms with Crippen LogP contribution >= 0.6 is 0 Å². The Morgan fingerprint density at radius 3 is 3.17 bits per heavy atom. The maximum absolute atomic E-state index is 9.15. The molecule has 1 aliphatic heterocycles. The van der Waals surface area contributed by atoms with Crippen molar-refractivity contribution in [3.8, 4) is 11.5 Å². The van der Waals surface area contributed by atoms with Gasteiger partial charge in [0, 0.05) is 24.1 Å². The van der Waals surface area contributed by atoms with E-state index in [1.54, 1.807) is 12.1 Å². The fourth-order valence-corrected chi connectivity index (χ4v) is 1.41. The van der Waals surface area contributed by atoms with Gasteiger partial charge < -0.3 is 15.6 Å². The van der Waals surface area contributed by atoms with Crippen LogP contribution in [0.25, 0.3) is 0 Å². The second kappa shape index (κ2) is 2.68. The fourth-order valence-electron chi connectivity index (χ4n) is 1.41. The average molecular weight is 165 g/mol. The topological polar surface area (TPSA) is 55.5 Å². The Balaban J connectivity index is 2.46. The van der Waals surface area contributed by atoms with Crippen LogP contribution in [0, 0.1) is 0 Å². The molecule has 3 N–H and O–H groups in total. The molecule has 1 aliphatic rings. The van der Waals surface area contributed by atoms with Crippen molar-refractivity contribution in [2.75, 3.05) is 6.61 Å². The molecule has 3 nitrogen and oxygen atoms in total. The lowest BCUT2D eigenvalue weighted by molar-refractivity contribution is 0.267. The second-order valence-electron chi connectivity index (χ2n) is 2.97. The van der Waals surface area contributed by atoms with Crippen LogP contribution in [-0.2, 0) is 0 Å². The number of nitrogens with two attached hydrogens (primary N) is 1. The molecular weight excluding hydrogens is 154 g/mol. The zero-order chi connectivity index (χ0) is 8.55. The van der Waals surface area contributed by atoms with Gasteiger partial charge in [-0.25, -0.2) is 0 Å². The monoisotopic (exact) mass is 165 g/mol. The molecule has 2 rings (SSSR count). The third kappa shape index (κ3) is 1.12. The summed E-state index contributed by atoms with van der Waals surface area (Å²) in [5.41, 5.74) is 6.82. The summed E-state index contributed by atoms with van der Waals surface area (Å²) in [4.78, 5) is 0. The van der Waals surface area contributed by atoms with Gasteiger partial charge in [-0.05, 0) is 6.07 Å². The van der Waals surface area contributed by atoms with Gasteiger partial charge in [0.1, 0.15) is 11.5 Å². The first-order valence-electron chi connectivity index (χ1n) is 3.98. The molecule has 0 saturated carbocycles. The van der Waals surface area contributed by atoms with Crippen LogP contribution in [0.4, 0.5) is 0 Å². The Morgan fingerprint density at radius 2 is 2.33 bits per heavy atom. The summed E-state index contributed by atoms with van der Waals surface area (Å²) in [6.07, 6.45) is 0.845. The number of rotatable bonds is 0. The third-order valence-corrected chi connectivity index (χ3v) is 2.08. The van der Waals surface area contributed by atoms with Crippen molar-refractivity contribution in [2.45, 2.75) is 12.5 Å². The van der Waals surface area contributed by atoms with Crippen LogP contribution in [0.3, 0.4) is 0 Å². The standard InChI is InChI=1S/C9H11NO2/c10-8-3-4-12-9-5-6(11)1-2-7(8)9/h1-2,5,8,11H,3-4,10H2/t8-/m0/s1. The lowest BCUT2D eigenvalue weighted by Gasteiger charge is -2.22. The Hall–Kier alpha value is -1.22. The predicted molar refractivity (Wildman–Crippen MR) is 45.1 cm³/mol. The molecule has 64 valence electrons. The highest BCUT2D eigenvalue weighted by Crippen LogP contribution is 2.32. The van der Waals surface area contributed by atoms with Crippen molar-refractivity contribution in [2.24, 2.45) is 5.73 Å². The summed E-state index contributed by atoms with van der Waals surface area (Å²) < 4.78 is 5.33. The first-order chi connectivity index (χ1) is 5.77. The molecule has 12 heavy (non-hydrogen) atoms. The van der Waals surface area contributed by atoms with E-state index in [0.717, 1.165) is 12.0 Å². The van der Waals surface area contributed by atoms with Crippen molar-refractivity contribution < 1.29 is 9.84 Å². The molecule has 1 atom stereocenters. The summed E-state index contributed by atoms with van der Waals surface area (Å²) in [5.74, 6) is 0.941. The van der Waals surface area contributed by atoms with E-state index in [1.165, 1.54) is 0 Å². The normalized spacial score (nSPS) is 21.2. The molecule has 3 heteroatoms. The minimum absolute atomic E-state index is 0.0503. The summed E-state index contributed by atoms with van der Waals surface area (Å²) in [5, 5.41) is 9.15. The van der Waals surface area contributed by atoms with Gasteiger partial charge in [0.2, 0.25) is 0 Å². The van der Waals surface area contributed by atoms with E-state index < -0.39 is 0 Å². The molecule has 0 aromatic heterocycles. The van der Waals surface area contributed by atoms with Crippen LogP contribution in [0.15, 0.2) is 18.2 Å². The molecule has 0 amide bonds. The van der Waals surface area contributed by atoms with Gasteiger partial charge in [0.25, 0.3) is 0 Å². The lowest BCUT2D eigenvalue weighted by Crippen LogP contribution is -2.20. The van der Waals surface area contributed by atoms with Crippen molar-refractivity contribution in [1.82, 2.24) is 0 Å². The van der Waals surface area contributed by atoms with E-state index in [2.05, 4.69) is 0 Å². The molecule has 1 aromatic carbocycles. The zero-order valence-corrected chi connectivity index (χ0v) is 6.66. The van der Waals surface area contributed by atoms with E-state index in [9.17, 15) is 0 Å². The summed E-state index contributed by atoms with van der Waals surface area (Å²) in [7, 11) is 0. The number of phenolic OH excluding ortho intramolecular Hbond substituents is 1. The molecule has 0 unspecified atom stereocenters. The molecular formula is C9H11NO2. The van der Waals surface area contributed by atoms with E-state index >= 15 is 0 Å². The number of hydrogen-bond acceptors (Lipinski definition) is 3. The smallest absolute Gasteiger partial charge is 0.127 e. The van der Waals surface area contributed by atoms with Crippen molar-refractivity contribution in [1.29, 1.82) is 0 Å². The molecule has 0 aliphatic carbocycles. The van der Waals surface area contributed by atoms with E-state index in [0.29, 0.717) is 12.4 Å². The zero-order valence-electron chi connectivity index (χ0n) is 6.66. The summed E-state index contributed by atoms with van der Waals surface area (Å²) >= 11 is 0. The van der Waals surface area contributed by atoms with Crippen LogP contribution in [0.5, 0.6) is 11.5 Å². The molecule has 0 radical (unpaired) electrons. The molecule has 0 fully saturated rings. The van der Waals surface area contributed by atoms with E-state index in [-0.39, 0.29) is 11.8 Å². The number of phenols is 1. The maximum atomic E-state index is 9.15. The first kappa shape index (κ1) is 7.43. The minimum atomic E-state index is 0.0503. The summed E-state index contributed by atoms with van der Waals surface area (Å²) in [6.45, 7) is 0.637. The second-order valence-corrected chi connectivity index (χ2v) is 2.97. The molecule has 0 bridgehead atoms. The van der Waals surface area contributed by atoms with Crippen LogP contribution in [0.2, 0.25) is 0 Å². The van der Waals surface area contributed by atoms with Gasteiger partial charge in [-0.2, -0.15) is 0 Å². The summed E-state index contributed by atoms with van der Waals surface area (Å²) in [6, 6.07) is 5.10. The van der Waals surface area contributed by atoms with Gasteiger partial charge >= 0.3 is 0 Å². The van der Waals surface area contributed by atoms with Gasteiger partial charge in [0.05, 0.1) is 6.61 Å². The lowest BCUT2D eigenvalue weighted by atomic mass is 10.0. The molecule has 1 heterocycles. The molecule has 0 spiro atoms. The van der Waals surface area contributed by atoms with Crippen molar-refractivity contribution in [3.05, 3.63) is 23.8 Å². The number of benzene rings is 1. The quantitative estimate of drug-likeness (QED) is 0.606. The predicted octanol–water partition coefficient (Wildman–Crippen LogP) is 1.17. The first-order valence-corrected chi connectivity index (χ1v) is 3.98. The van der Waals surface area contributed by atoms with Gasteiger partial charge in [0.15, 0.2) is 0 Å². The highest BCUT2D eigenvalue weighted by atomic mass is 16.5. The SMILES string of the molecule is N[C@H]1CCOc2cc(O)ccc21. The van der Waals surface area contributed by atoms with Gasteiger partial charge in [-0.1, -0.05) is 6.07 Å². The maximum Gasteiger partial charge on any atom is 0.127 e. The number of ether oxygens (including phenoxy) is 1. The molecule has 0 saturated heterocycles. The van der Waals surface area contributed by atoms with Gasteiger partial charge in [-0.15, -0.1) is 0 Å². The average Bonchev–Trinajstić information content (AvgIpc) is 2.04. The Labute approximate surface area is 70.8 Å². The van der Waals surface area contributed by atoms with Gasteiger partial charge in [-0.3, -0.25) is 0 Å². The Kier molecular flexibility index (Phi) is 1.66. The van der Waals surface area contributed by atoms with E-state index in [4.69, 9.17) is 15.6 Å². The highest BCUT2D eigenvalue weighted by Gasteiger charge is 2.17. The van der Waals surface area contributed by atoms with E-state index in [1.807, 2.05) is 6.07 Å². The molecule has 1 aromatic rings. The highest BCUT2D eigenvalue weighted by molar-refractivity contribution is 5.42.